The highest BCUT2D eigenvalue weighted by molar-refractivity contribution is 7.93. The summed E-state index contributed by atoms with van der Waals surface area (Å²) in [6.45, 7) is 0.343. The lowest BCUT2D eigenvalue weighted by Crippen LogP contribution is -2.30. The molecule has 1 amide bonds. The first kappa shape index (κ1) is 20.5. The van der Waals surface area contributed by atoms with Gasteiger partial charge < -0.3 is 9.64 Å². The fraction of sp³-hybridized carbons (Fsp3) is 0.167. The number of hydrogen-bond donors (Lipinski definition) is 1. The van der Waals surface area contributed by atoms with Crippen molar-refractivity contribution in [3.63, 3.8) is 0 Å². The monoisotopic (exact) mass is 468 g/mol. The smallest absolute Gasteiger partial charge is 0.263 e. The summed E-state index contributed by atoms with van der Waals surface area (Å²) in [5.41, 5.74) is 1.58. The molecule has 1 N–H and O–H groups in total. The molecule has 1 aliphatic heterocycles. The number of aromatic nitrogens is 2. The largest absolute Gasteiger partial charge is 0.484 e. The number of fused-ring (bicyclic) bond motifs is 1. The molecule has 0 spiro atoms. The van der Waals surface area contributed by atoms with Crippen LogP contribution in [0.2, 0.25) is 5.02 Å². The molecule has 2 aromatic carbocycles. The van der Waals surface area contributed by atoms with E-state index in [4.69, 9.17) is 16.3 Å². The quantitative estimate of drug-likeness (QED) is 0.596. The molecule has 1 aliphatic rings. The second kappa shape index (κ2) is 8.17. The van der Waals surface area contributed by atoms with E-state index in [9.17, 15) is 17.6 Å². The molecule has 30 heavy (non-hydrogen) atoms. The predicted molar refractivity (Wildman–Crippen MR) is 108 cm³/mol. The third kappa shape index (κ3) is 4.37. The lowest BCUT2D eigenvalue weighted by atomic mass is 10.1. The van der Waals surface area contributed by atoms with Gasteiger partial charge in [0.15, 0.2) is 6.61 Å². The third-order valence-electron chi connectivity index (χ3n) is 4.40. The maximum atomic E-state index is 13.2. The summed E-state index contributed by atoms with van der Waals surface area (Å²) in [6.07, 6.45) is 1.26. The summed E-state index contributed by atoms with van der Waals surface area (Å²) in [5, 5.41) is 0.0785. The van der Waals surface area contributed by atoms with Crippen molar-refractivity contribution in [3.8, 4) is 5.75 Å². The van der Waals surface area contributed by atoms with E-state index in [1.165, 1.54) is 30.6 Å². The fourth-order valence-electron chi connectivity index (χ4n) is 2.91. The zero-order valence-corrected chi connectivity index (χ0v) is 17.6. The normalized spacial score (nSPS) is 13.2. The van der Waals surface area contributed by atoms with Crippen LogP contribution in [0.1, 0.15) is 11.1 Å². The molecule has 12 heteroatoms. The number of nitrogens with one attached hydrogen (secondary N) is 1. The molecule has 0 unspecified atom stereocenters. The number of anilines is 1. The SMILES string of the molecule is O=C(COc1ccc(F)c(Cl)c1)N1Cc2ccc(S(=O)(=O)Nc3ncns3)cc2C1. The predicted octanol–water partition coefficient (Wildman–Crippen LogP) is 3.05. The van der Waals surface area contributed by atoms with Crippen LogP contribution in [0.5, 0.6) is 5.75 Å². The molecular weight excluding hydrogens is 455 g/mol. The Labute approximate surface area is 180 Å². The molecule has 0 aliphatic carbocycles. The van der Waals surface area contributed by atoms with Crippen LogP contribution in [-0.2, 0) is 27.9 Å². The number of carbonyl (C=O) groups is 1. The van der Waals surface area contributed by atoms with Crippen LogP contribution < -0.4 is 9.46 Å². The third-order valence-corrected chi connectivity index (χ3v) is 6.74. The molecule has 0 saturated heterocycles. The van der Waals surface area contributed by atoms with Gasteiger partial charge in [0.2, 0.25) is 5.13 Å². The lowest BCUT2D eigenvalue weighted by Gasteiger charge is -2.16. The van der Waals surface area contributed by atoms with Crippen LogP contribution in [-0.4, -0.2) is 35.2 Å². The molecule has 3 aromatic rings. The minimum Gasteiger partial charge on any atom is -0.484 e. The Kier molecular flexibility index (Phi) is 5.58. The number of rotatable bonds is 6. The molecule has 0 saturated carbocycles. The van der Waals surface area contributed by atoms with Crippen molar-refractivity contribution in [1.29, 1.82) is 0 Å². The van der Waals surface area contributed by atoms with Gasteiger partial charge in [-0.15, -0.1) is 0 Å². The number of ether oxygens (including phenoxy) is 1. The molecule has 0 radical (unpaired) electrons. The maximum Gasteiger partial charge on any atom is 0.263 e. The number of amides is 1. The molecule has 1 aromatic heterocycles. The summed E-state index contributed by atoms with van der Waals surface area (Å²) in [7, 11) is -3.81. The van der Waals surface area contributed by atoms with E-state index < -0.39 is 15.8 Å². The first-order valence-corrected chi connectivity index (χ1v) is 11.2. The van der Waals surface area contributed by atoms with Gasteiger partial charge >= 0.3 is 0 Å². The zero-order valence-electron chi connectivity index (χ0n) is 15.2. The van der Waals surface area contributed by atoms with Crippen LogP contribution in [0.15, 0.2) is 47.6 Å². The summed E-state index contributed by atoms with van der Waals surface area (Å²) in [6, 6.07) is 8.53. The Hall–Kier alpha value is -2.76. The van der Waals surface area contributed by atoms with Crippen molar-refractivity contribution in [2.75, 3.05) is 11.3 Å². The van der Waals surface area contributed by atoms with E-state index in [0.717, 1.165) is 28.7 Å². The van der Waals surface area contributed by atoms with E-state index in [0.29, 0.717) is 6.54 Å². The van der Waals surface area contributed by atoms with E-state index in [2.05, 4.69) is 14.1 Å². The molecule has 8 nitrogen and oxygen atoms in total. The number of hydrogen-bond acceptors (Lipinski definition) is 7. The van der Waals surface area contributed by atoms with Crippen molar-refractivity contribution < 1.29 is 22.3 Å². The van der Waals surface area contributed by atoms with Crippen LogP contribution in [0.4, 0.5) is 9.52 Å². The van der Waals surface area contributed by atoms with Crippen LogP contribution >= 0.6 is 23.1 Å². The molecule has 2 heterocycles. The Balaban J connectivity index is 1.41. The highest BCUT2D eigenvalue weighted by atomic mass is 35.5. The summed E-state index contributed by atoms with van der Waals surface area (Å²) >= 11 is 6.63. The molecule has 0 atom stereocenters. The number of carbonyl (C=O) groups excluding carboxylic acids is 1. The minimum atomic E-state index is -3.81. The topological polar surface area (TPSA) is 101 Å². The molecular formula is C18H14ClFN4O4S2. The van der Waals surface area contributed by atoms with Gasteiger partial charge in [-0.2, -0.15) is 4.37 Å². The number of nitrogens with zero attached hydrogens (tertiary/aromatic N) is 3. The van der Waals surface area contributed by atoms with Gasteiger partial charge in [0.25, 0.3) is 15.9 Å². The fourth-order valence-corrected chi connectivity index (χ4v) is 4.79. The van der Waals surface area contributed by atoms with Gasteiger partial charge in [-0.3, -0.25) is 9.52 Å². The highest BCUT2D eigenvalue weighted by Gasteiger charge is 2.26. The van der Waals surface area contributed by atoms with Gasteiger partial charge in [0.05, 0.1) is 9.92 Å². The Morgan fingerprint density at radius 3 is 2.77 bits per heavy atom. The maximum absolute atomic E-state index is 13.2. The van der Waals surface area contributed by atoms with Gasteiger partial charge in [-0.1, -0.05) is 17.7 Å². The second-order valence-electron chi connectivity index (χ2n) is 6.40. The van der Waals surface area contributed by atoms with Crippen LogP contribution in [0.25, 0.3) is 0 Å². The van der Waals surface area contributed by atoms with Crippen molar-refractivity contribution in [2.24, 2.45) is 0 Å². The average molecular weight is 469 g/mol. The van der Waals surface area contributed by atoms with E-state index in [1.807, 2.05) is 0 Å². The zero-order chi connectivity index (χ0) is 21.3. The second-order valence-corrected chi connectivity index (χ2v) is 9.27. The Bertz CT molecular complexity index is 1200. The van der Waals surface area contributed by atoms with E-state index in [1.54, 1.807) is 11.0 Å². The Morgan fingerprint density at radius 1 is 1.23 bits per heavy atom. The molecule has 0 fully saturated rings. The van der Waals surface area contributed by atoms with E-state index >= 15 is 0 Å². The number of benzene rings is 2. The van der Waals surface area contributed by atoms with Gasteiger partial charge in [0, 0.05) is 30.7 Å². The van der Waals surface area contributed by atoms with Crippen molar-refractivity contribution in [3.05, 3.63) is 64.7 Å². The van der Waals surface area contributed by atoms with Crippen LogP contribution in [0.3, 0.4) is 0 Å². The molecule has 156 valence electrons. The van der Waals surface area contributed by atoms with Crippen molar-refractivity contribution >= 4 is 44.2 Å². The lowest BCUT2D eigenvalue weighted by molar-refractivity contribution is -0.134. The van der Waals surface area contributed by atoms with Crippen molar-refractivity contribution in [1.82, 2.24) is 14.3 Å². The minimum absolute atomic E-state index is 0.0722. The molecule has 4 rings (SSSR count). The van der Waals surface area contributed by atoms with E-state index in [-0.39, 0.29) is 39.9 Å². The number of sulfonamides is 1. The van der Waals surface area contributed by atoms with Crippen LogP contribution in [0, 0.1) is 5.82 Å². The summed E-state index contributed by atoms with van der Waals surface area (Å²) < 4.78 is 49.7. The standard InChI is InChI=1S/C18H14ClFN4O4S2/c19-15-6-13(2-4-16(15)20)28-9-17(25)24-7-11-1-3-14(5-12(11)8-24)30(26,27)23-18-21-10-22-29-18/h1-6,10H,7-9H2,(H,21,22,23). The average Bonchev–Trinajstić information content (AvgIpc) is 3.37. The first-order chi connectivity index (χ1) is 14.3. The van der Waals surface area contributed by atoms with Gasteiger partial charge in [0.1, 0.15) is 17.9 Å². The highest BCUT2D eigenvalue weighted by Crippen LogP contribution is 2.27. The van der Waals surface area contributed by atoms with Crippen molar-refractivity contribution in [2.45, 2.75) is 18.0 Å². The van der Waals surface area contributed by atoms with Gasteiger partial charge in [-0.05, 0) is 35.4 Å². The van der Waals surface area contributed by atoms with Gasteiger partial charge in [-0.25, -0.2) is 17.8 Å². The Morgan fingerprint density at radius 2 is 2.03 bits per heavy atom. The number of halogens is 2. The summed E-state index contributed by atoms with van der Waals surface area (Å²) in [4.78, 5) is 17.9. The first-order valence-electron chi connectivity index (χ1n) is 8.59. The summed E-state index contributed by atoms with van der Waals surface area (Å²) in [5.74, 6) is -0.581. The molecule has 0 bridgehead atoms.